The lowest BCUT2D eigenvalue weighted by Gasteiger charge is -2.24. The van der Waals surface area contributed by atoms with Gasteiger partial charge in [0.15, 0.2) is 16.7 Å². The van der Waals surface area contributed by atoms with Crippen molar-refractivity contribution in [2.75, 3.05) is 11.5 Å². The van der Waals surface area contributed by atoms with E-state index in [4.69, 9.17) is 16.3 Å². The Bertz CT molecular complexity index is 1540. The Balaban J connectivity index is 1.55. The third kappa shape index (κ3) is 5.21. The third-order valence-corrected chi connectivity index (χ3v) is 7.46. The van der Waals surface area contributed by atoms with Gasteiger partial charge in [0, 0.05) is 5.02 Å². The van der Waals surface area contributed by atoms with Crippen molar-refractivity contribution >= 4 is 56.1 Å². The number of allylic oxidation sites excluding steroid dienone is 1. The van der Waals surface area contributed by atoms with E-state index >= 15 is 0 Å². The first kappa shape index (κ1) is 25.7. The lowest BCUT2D eigenvalue weighted by molar-refractivity contribution is -0.117. The van der Waals surface area contributed by atoms with Crippen LogP contribution in [0, 0.1) is 0 Å². The fraction of sp³-hybridized carbons (Fsp3) is 0.167. The molecule has 6 nitrogen and oxygen atoms in total. The number of halogens is 1. The molecular weight excluding hydrogens is 520 g/mol. The van der Waals surface area contributed by atoms with E-state index in [0.717, 1.165) is 23.1 Å². The highest BCUT2D eigenvalue weighted by Gasteiger charge is 2.45. The molecule has 1 N–H and O–H groups in total. The summed E-state index contributed by atoms with van der Waals surface area (Å²) in [4.78, 5) is 32.9. The normalized spacial score (nSPS) is 15.7. The van der Waals surface area contributed by atoms with E-state index in [-0.39, 0.29) is 5.57 Å². The number of unbranched alkanes of at least 4 members (excludes halogenated alkanes) is 1. The van der Waals surface area contributed by atoms with Gasteiger partial charge in [-0.3, -0.25) is 14.5 Å². The number of aliphatic hydroxyl groups excluding tert-OH is 1. The van der Waals surface area contributed by atoms with Gasteiger partial charge in [0.1, 0.15) is 5.75 Å². The van der Waals surface area contributed by atoms with Crippen molar-refractivity contribution in [2.24, 2.45) is 0 Å². The average Bonchev–Trinajstić information content (AvgIpc) is 3.46. The summed E-state index contributed by atoms with van der Waals surface area (Å²) in [5.74, 6) is -1.03. The van der Waals surface area contributed by atoms with Gasteiger partial charge in [-0.1, -0.05) is 84.8 Å². The Morgan fingerprint density at radius 2 is 1.89 bits per heavy atom. The van der Waals surface area contributed by atoms with E-state index in [9.17, 15) is 14.7 Å². The van der Waals surface area contributed by atoms with Crippen molar-refractivity contribution < 1.29 is 19.4 Å². The first-order chi connectivity index (χ1) is 18.5. The van der Waals surface area contributed by atoms with Crippen molar-refractivity contribution in [2.45, 2.75) is 25.8 Å². The molecule has 192 valence electrons. The second kappa shape index (κ2) is 11.2. The van der Waals surface area contributed by atoms with E-state index in [1.165, 1.54) is 22.3 Å². The molecule has 1 aliphatic heterocycles. The average molecular weight is 545 g/mol. The second-order valence-corrected chi connectivity index (χ2v) is 10.3. The number of thiazole rings is 1. The number of hydrogen-bond donors (Lipinski definition) is 1. The number of aliphatic hydroxyl groups is 1. The fourth-order valence-corrected chi connectivity index (χ4v) is 5.53. The molecule has 0 saturated heterocycles. The molecule has 38 heavy (non-hydrogen) atoms. The van der Waals surface area contributed by atoms with Gasteiger partial charge in [-0.15, -0.1) is 0 Å². The molecule has 0 spiro atoms. The van der Waals surface area contributed by atoms with Gasteiger partial charge in [-0.2, -0.15) is 0 Å². The zero-order valence-electron chi connectivity index (χ0n) is 20.6. The van der Waals surface area contributed by atoms with Crippen LogP contribution in [0.5, 0.6) is 5.75 Å². The molecule has 0 radical (unpaired) electrons. The van der Waals surface area contributed by atoms with Gasteiger partial charge in [0.2, 0.25) is 0 Å². The molecule has 1 unspecified atom stereocenters. The lowest BCUT2D eigenvalue weighted by Crippen LogP contribution is -2.30. The van der Waals surface area contributed by atoms with Gasteiger partial charge in [-0.05, 0) is 54.0 Å². The number of rotatable bonds is 9. The van der Waals surface area contributed by atoms with Crippen molar-refractivity contribution in [3.8, 4) is 5.75 Å². The summed E-state index contributed by atoms with van der Waals surface area (Å²) < 4.78 is 6.58. The summed E-state index contributed by atoms with van der Waals surface area (Å²) in [7, 11) is 0. The quantitative estimate of drug-likeness (QED) is 0.176. The van der Waals surface area contributed by atoms with Crippen LogP contribution in [0.15, 0.2) is 90.2 Å². The number of benzene rings is 3. The summed E-state index contributed by atoms with van der Waals surface area (Å²) in [6.45, 7) is 2.70. The number of anilines is 1. The molecule has 0 fully saturated rings. The minimum atomic E-state index is -0.865. The molecule has 2 heterocycles. The summed E-state index contributed by atoms with van der Waals surface area (Å²) in [6.07, 6.45) is 5.01. The number of fused-ring (bicyclic) bond motifs is 1. The minimum Gasteiger partial charge on any atom is -0.503 e. The van der Waals surface area contributed by atoms with Crippen LogP contribution in [0.25, 0.3) is 16.3 Å². The van der Waals surface area contributed by atoms with Crippen LogP contribution in [0.1, 0.15) is 36.9 Å². The summed E-state index contributed by atoms with van der Waals surface area (Å²) >= 11 is 7.43. The van der Waals surface area contributed by atoms with Crippen LogP contribution in [-0.2, 0) is 9.59 Å². The zero-order valence-corrected chi connectivity index (χ0v) is 22.2. The predicted octanol–water partition coefficient (Wildman–Crippen LogP) is 7.31. The topological polar surface area (TPSA) is 79.7 Å². The van der Waals surface area contributed by atoms with E-state index in [0.29, 0.717) is 33.6 Å². The van der Waals surface area contributed by atoms with Crippen LogP contribution in [0.2, 0.25) is 5.02 Å². The molecule has 3 aromatic carbocycles. The van der Waals surface area contributed by atoms with Gasteiger partial charge < -0.3 is 9.84 Å². The van der Waals surface area contributed by atoms with Crippen LogP contribution >= 0.6 is 22.9 Å². The lowest BCUT2D eigenvalue weighted by atomic mass is 9.95. The maximum atomic E-state index is 13.5. The molecular formula is C30H25ClN2O4S. The Labute approximate surface area is 229 Å². The molecule has 0 aliphatic carbocycles. The first-order valence-electron chi connectivity index (χ1n) is 12.3. The molecule has 8 heteroatoms. The number of carbonyl (C=O) groups excluding carboxylic acids is 2. The van der Waals surface area contributed by atoms with Crippen molar-refractivity contribution in [1.82, 2.24) is 4.98 Å². The minimum absolute atomic E-state index is 0.000814. The van der Waals surface area contributed by atoms with Gasteiger partial charge in [0.05, 0.1) is 28.4 Å². The van der Waals surface area contributed by atoms with Crippen molar-refractivity contribution in [1.29, 1.82) is 0 Å². The second-order valence-electron chi connectivity index (χ2n) is 8.83. The Hall–Kier alpha value is -3.94. The van der Waals surface area contributed by atoms with Crippen LogP contribution in [-0.4, -0.2) is 28.4 Å². The van der Waals surface area contributed by atoms with E-state index in [1.807, 2.05) is 54.6 Å². The summed E-state index contributed by atoms with van der Waals surface area (Å²) in [5, 5.41) is 11.9. The summed E-state index contributed by atoms with van der Waals surface area (Å²) in [6, 6.07) is 21.0. The number of aromatic nitrogens is 1. The number of amides is 1. The molecule has 0 saturated carbocycles. The first-order valence-corrected chi connectivity index (χ1v) is 13.5. The number of carbonyl (C=O) groups is 2. The highest BCUT2D eigenvalue weighted by atomic mass is 35.5. The summed E-state index contributed by atoms with van der Waals surface area (Å²) in [5.41, 5.74) is 2.15. The van der Waals surface area contributed by atoms with E-state index in [2.05, 4.69) is 11.9 Å². The largest absolute Gasteiger partial charge is 0.503 e. The molecule has 1 amide bonds. The number of ketones is 1. The predicted molar refractivity (Wildman–Crippen MR) is 152 cm³/mol. The van der Waals surface area contributed by atoms with Crippen LogP contribution < -0.4 is 9.64 Å². The van der Waals surface area contributed by atoms with Crippen LogP contribution in [0.4, 0.5) is 5.13 Å². The van der Waals surface area contributed by atoms with E-state index in [1.54, 1.807) is 24.3 Å². The highest BCUT2D eigenvalue weighted by Crippen LogP contribution is 2.44. The van der Waals surface area contributed by atoms with Gasteiger partial charge >= 0.3 is 0 Å². The van der Waals surface area contributed by atoms with Crippen molar-refractivity contribution in [3.05, 3.63) is 106 Å². The van der Waals surface area contributed by atoms with E-state index < -0.39 is 23.5 Å². The highest BCUT2D eigenvalue weighted by molar-refractivity contribution is 7.22. The number of hydrogen-bond acceptors (Lipinski definition) is 6. The van der Waals surface area contributed by atoms with Crippen LogP contribution in [0.3, 0.4) is 0 Å². The maximum absolute atomic E-state index is 13.5. The molecule has 4 aromatic rings. The Morgan fingerprint density at radius 1 is 1.13 bits per heavy atom. The molecule has 0 bridgehead atoms. The van der Waals surface area contributed by atoms with Gasteiger partial charge in [-0.25, -0.2) is 4.98 Å². The SMILES string of the molecule is CCCCOc1ccc(C2C(C(=O)C=Cc3ccccc3)=C(O)C(=O)N2c2nc3ccc(Cl)cc3s2)cc1. The van der Waals surface area contributed by atoms with Crippen molar-refractivity contribution in [3.63, 3.8) is 0 Å². The monoisotopic (exact) mass is 544 g/mol. The molecule has 1 aromatic heterocycles. The standard InChI is InChI=1S/C30H25ClN2O4S/c1-2-3-17-37-22-13-10-20(11-14-22)27-26(24(34)16-9-19-7-5-4-6-8-19)28(35)29(36)33(27)30-32-23-15-12-21(31)18-25(23)38-30/h4-16,18,27,35H,2-3,17H2,1H3. The Kier molecular flexibility index (Phi) is 7.58. The number of ether oxygens (including phenoxy) is 1. The smallest absolute Gasteiger partial charge is 0.296 e. The Morgan fingerprint density at radius 3 is 2.63 bits per heavy atom. The zero-order chi connectivity index (χ0) is 26.6. The molecule has 5 rings (SSSR count). The number of nitrogens with zero attached hydrogens (tertiary/aromatic N) is 2. The third-order valence-electron chi connectivity index (χ3n) is 6.21. The fourth-order valence-electron chi connectivity index (χ4n) is 4.27. The molecule has 1 atom stereocenters. The molecule has 1 aliphatic rings. The van der Waals surface area contributed by atoms with Gasteiger partial charge in [0.25, 0.3) is 5.91 Å². The maximum Gasteiger partial charge on any atom is 0.296 e.